The van der Waals surface area contributed by atoms with Gasteiger partial charge in [0, 0.05) is 32.1 Å². The summed E-state index contributed by atoms with van der Waals surface area (Å²) in [5.74, 6) is 1.31. The number of nitrogens with zero attached hydrogens (tertiary/aromatic N) is 1. The highest BCUT2D eigenvalue weighted by Gasteiger charge is 2.34. The number of carbonyl (C=O) groups is 2. The number of hydrogen-bond donors (Lipinski definition) is 2. The monoisotopic (exact) mass is 305 g/mol. The SMILES string of the molecule is O=C(CCNC(=O)N1C[C@@H]2CC=CC[C@H]2C1)NC1CCCC1. The van der Waals surface area contributed by atoms with Crippen molar-refractivity contribution in [2.45, 2.75) is 51.0 Å². The third kappa shape index (κ3) is 3.81. The second-order valence-electron chi connectivity index (χ2n) is 6.90. The summed E-state index contributed by atoms with van der Waals surface area (Å²) in [5.41, 5.74) is 0. The quantitative estimate of drug-likeness (QED) is 0.781. The van der Waals surface area contributed by atoms with Gasteiger partial charge in [-0.05, 0) is 37.5 Å². The van der Waals surface area contributed by atoms with Crippen LogP contribution in [0.15, 0.2) is 12.2 Å². The van der Waals surface area contributed by atoms with E-state index in [-0.39, 0.29) is 11.9 Å². The second kappa shape index (κ2) is 7.16. The minimum atomic E-state index is -0.0110. The Kier molecular flexibility index (Phi) is 5.01. The van der Waals surface area contributed by atoms with Gasteiger partial charge in [-0.1, -0.05) is 25.0 Å². The highest BCUT2D eigenvalue weighted by molar-refractivity contribution is 5.78. The van der Waals surface area contributed by atoms with E-state index < -0.39 is 0 Å². The Morgan fingerprint density at radius 3 is 2.32 bits per heavy atom. The van der Waals surface area contributed by atoms with Gasteiger partial charge in [-0.15, -0.1) is 0 Å². The van der Waals surface area contributed by atoms with Crippen molar-refractivity contribution in [2.24, 2.45) is 11.8 Å². The Labute approximate surface area is 132 Å². The molecule has 5 nitrogen and oxygen atoms in total. The number of fused-ring (bicyclic) bond motifs is 1. The van der Waals surface area contributed by atoms with E-state index in [4.69, 9.17) is 0 Å². The minimum Gasteiger partial charge on any atom is -0.353 e. The van der Waals surface area contributed by atoms with Gasteiger partial charge in [0.25, 0.3) is 0 Å². The lowest BCUT2D eigenvalue weighted by atomic mass is 9.86. The first-order valence-corrected chi connectivity index (χ1v) is 8.69. The maximum absolute atomic E-state index is 12.2. The van der Waals surface area contributed by atoms with Crippen molar-refractivity contribution < 1.29 is 9.59 Å². The lowest BCUT2D eigenvalue weighted by Crippen LogP contribution is -2.41. The molecule has 0 aromatic rings. The lowest BCUT2D eigenvalue weighted by molar-refractivity contribution is -0.121. The van der Waals surface area contributed by atoms with Crippen LogP contribution in [0, 0.1) is 11.8 Å². The zero-order valence-corrected chi connectivity index (χ0v) is 13.2. The number of allylic oxidation sites excluding steroid dienone is 2. The standard InChI is InChI=1S/C17H27N3O2/c21-16(19-15-7-3-4-8-15)9-10-18-17(22)20-11-13-5-1-2-6-14(13)12-20/h1-2,13-15H,3-12H2,(H,18,22)(H,19,21)/t13-,14-/m0/s1. The van der Waals surface area contributed by atoms with Crippen LogP contribution in [-0.4, -0.2) is 42.5 Å². The molecule has 2 aliphatic carbocycles. The first-order chi connectivity index (χ1) is 10.7. The van der Waals surface area contributed by atoms with E-state index in [1.54, 1.807) is 0 Å². The van der Waals surface area contributed by atoms with Gasteiger partial charge >= 0.3 is 6.03 Å². The van der Waals surface area contributed by atoms with Gasteiger partial charge in [0.2, 0.25) is 5.91 Å². The van der Waals surface area contributed by atoms with E-state index in [2.05, 4.69) is 22.8 Å². The van der Waals surface area contributed by atoms with Gasteiger partial charge in [-0.25, -0.2) is 4.79 Å². The van der Waals surface area contributed by atoms with Crippen molar-refractivity contribution in [1.82, 2.24) is 15.5 Å². The van der Waals surface area contributed by atoms with E-state index in [0.717, 1.165) is 38.8 Å². The van der Waals surface area contributed by atoms with E-state index in [1.807, 2.05) is 4.90 Å². The molecule has 1 heterocycles. The molecule has 3 rings (SSSR count). The number of carbonyl (C=O) groups excluding carboxylic acids is 2. The molecule has 1 saturated heterocycles. The average molecular weight is 305 g/mol. The Morgan fingerprint density at radius 1 is 1.05 bits per heavy atom. The number of urea groups is 1. The zero-order valence-electron chi connectivity index (χ0n) is 13.2. The second-order valence-corrected chi connectivity index (χ2v) is 6.90. The molecule has 5 heteroatoms. The van der Waals surface area contributed by atoms with Crippen LogP contribution in [0.1, 0.15) is 44.9 Å². The van der Waals surface area contributed by atoms with Crippen LogP contribution in [0.2, 0.25) is 0 Å². The molecular weight excluding hydrogens is 278 g/mol. The van der Waals surface area contributed by atoms with Gasteiger partial charge in [-0.3, -0.25) is 4.79 Å². The lowest BCUT2D eigenvalue weighted by Gasteiger charge is -2.17. The molecule has 3 amide bonds. The van der Waals surface area contributed by atoms with Crippen molar-refractivity contribution in [3.63, 3.8) is 0 Å². The summed E-state index contributed by atoms with van der Waals surface area (Å²) in [6.07, 6.45) is 11.7. The Bertz CT molecular complexity index is 427. The molecule has 0 bridgehead atoms. The zero-order chi connectivity index (χ0) is 15.4. The summed E-state index contributed by atoms with van der Waals surface area (Å²) >= 11 is 0. The molecule has 1 saturated carbocycles. The topological polar surface area (TPSA) is 61.4 Å². The van der Waals surface area contributed by atoms with E-state index >= 15 is 0 Å². The first-order valence-electron chi connectivity index (χ1n) is 8.69. The Hall–Kier alpha value is -1.52. The average Bonchev–Trinajstić information content (AvgIpc) is 3.15. The van der Waals surface area contributed by atoms with Crippen LogP contribution in [0.3, 0.4) is 0 Å². The van der Waals surface area contributed by atoms with Gasteiger partial charge in [0.1, 0.15) is 0 Å². The van der Waals surface area contributed by atoms with Crippen molar-refractivity contribution in [1.29, 1.82) is 0 Å². The van der Waals surface area contributed by atoms with Gasteiger partial charge < -0.3 is 15.5 Å². The maximum Gasteiger partial charge on any atom is 0.317 e. The molecule has 122 valence electrons. The molecule has 0 radical (unpaired) electrons. The van der Waals surface area contributed by atoms with E-state index in [9.17, 15) is 9.59 Å². The molecular formula is C17H27N3O2. The number of likely N-dealkylation sites (tertiary alicyclic amines) is 1. The fourth-order valence-corrected chi connectivity index (χ4v) is 3.95. The number of hydrogen-bond acceptors (Lipinski definition) is 2. The molecule has 1 aliphatic heterocycles. The first kappa shape index (κ1) is 15.4. The Balaban J connectivity index is 1.33. The smallest absolute Gasteiger partial charge is 0.317 e. The summed E-state index contributed by atoms with van der Waals surface area (Å²) in [4.78, 5) is 25.9. The molecule has 2 N–H and O–H groups in total. The van der Waals surface area contributed by atoms with Crippen molar-refractivity contribution in [2.75, 3.05) is 19.6 Å². The molecule has 0 spiro atoms. The maximum atomic E-state index is 12.2. The number of amides is 3. The fraction of sp³-hybridized carbons (Fsp3) is 0.765. The third-order valence-corrected chi connectivity index (χ3v) is 5.26. The minimum absolute atomic E-state index is 0.0110. The highest BCUT2D eigenvalue weighted by Crippen LogP contribution is 2.32. The summed E-state index contributed by atoms with van der Waals surface area (Å²) in [5, 5.41) is 5.95. The van der Waals surface area contributed by atoms with Gasteiger partial charge in [0.15, 0.2) is 0 Å². The predicted molar refractivity (Wildman–Crippen MR) is 85.3 cm³/mol. The summed E-state index contributed by atoms with van der Waals surface area (Å²) < 4.78 is 0. The molecule has 0 aromatic carbocycles. The number of nitrogens with one attached hydrogen (secondary N) is 2. The fourth-order valence-electron chi connectivity index (χ4n) is 3.95. The van der Waals surface area contributed by atoms with Gasteiger partial charge in [0.05, 0.1) is 0 Å². The van der Waals surface area contributed by atoms with Crippen LogP contribution in [0.4, 0.5) is 4.79 Å². The Morgan fingerprint density at radius 2 is 1.68 bits per heavy atom. The van der Waals surface area contributed by atoms with Crippen LogP contribution >= 0.6 is 0 Å². The number of rotatable bonds is 4. The molecule has 3 aliphatic rings. The van der Waals surface area contributed by atoms with Gasteiger partial charge in [-0.2, -0.15) is 0 Å². The molecule has 0 unspecified atom stereocenters. The third-order valence-electron chi connectivity index (χ3n) is 5.26. The summed E-state index contributed by atoms with van der Waals surface area (Å²) in [6, 6.07) is 0.348. The van der Waals surface area contributed by atoms with Crippen LogP contribution in [-0.2, 0) is 4.79 Å². The van der Waals surface area contributed by atoms with Crippen LogP contribution in [0.5, 0.6) is 0 Å². The van der Waals surface area contributed by atoms with Crippen molar-refractivity contribution in [3.05, 3.63) is 12.2 Å². The van der Waals surface area contributed by atoms with Crippen LogP contribution < -0.4 is 10.6 Å². The molecule has 2 atom stereocenters. The largest absolute Gasteiger partial charge is 0.353 e. The van der Waals surface area contributed by atoms with E-state index in [0.29, 0.717) is 30.8 Å². The van der Waals surface area contributed by atoms with E-state index in [1.165, 1.54) is 12.8 Å². The highest BCUT2D eigenvalue weighted by atomic mass is 16.2. The van der Waals surface area contributed by atoms with Crippen molar-refractivity contribution in [3.8, 4) is 0 Å². The van der Waals surface area contributed by atoms with Crippen LogP contribution in [0.25, 0.3) is 0 Å². The summed E-state index contributed by atoms with van der Waals surface area (Å²) in [7, 11) is 0. The predicted octanol–water partition coefficient (Wildman–Crippen LogP) is 2.04. The van der Waals surface area contributed by atoms with Crippen molar-refractivity contribution >= 4 is 11.9 Å². The normalized spacial score (nSPS) is 27.7. The molecule has 0 aromatic heterocycles. The molecule has 2 fully saturated rings. The molecule has 22 heavy (non-hydrogen) atoms. The summed E-state index contributed by atoms with van der Waals surface area (Å²) in [6.45, 7) is 2.14.